The Kier molecular flexibility index (Phi) is 2.68. The molecule has 0 fully saturated rings. The first kappa shape index (κ1) is 12.3. The summed E-state index contributed by atoms with van der Waals surface area (Å²) < 4.78 is 2.22. The van der Waals surface area contributed by atoms with E-state index in [1.54, 1.807) is 4.40 Å². The first-order chi connectivity index (χ1) is 10.3. The van der Waals surface area contributed by atoms with Crippen molar-refractivity contribution in [2.45, 2.75) is 0 Å². The van der Waals surface area contributed by atoms with Crippen molar-refractivity contribution in [3.05, 3.63) is 69.7 Å². The van der Waals surface area contributed by atoms with Crippen molar-refractivity contribution in [1.82, 2.24) is 14.4 Å². The summed E-state index contributed by atoms with van der Waals surface area (Å²) >= 11 is 3.51. The molecular formula is C16H10BrN3O. The van der Waals surface area contributed by atoms with E-state index >= 15 is 0 Å². The van der Waals surface area contributed by atoms with Crippen LogP contribution in [0.5, 0.6) is 0 Å². The molecule has 21 heavy (non-hydrogen) atoms. The lowest BCUT2D eigenvalue weighted by Crippen LogP contribution is -2.16. The molecular weight excluding hydrogens is 330 g/mol. The maximum absolute atomic E-state index is 12.3. The molecule has 0 unspecified atom stereocenters. The molecule has 0 radical (unpaired) electrons. The second kappa shape index (κ2) is 4.56. The Labute approximate surface area is 128 Å². The van der Waals surface area contributed by atoms with Gasteiger partial charge in [0.1, 0.15) is 10.3 Å². The van der Waals surface area contributed by atoms with E-state index in [-0.39, 0.29) is 5.69 Å². The summed E-state index contributed by atoms with van der Waals surface area (Å²) in [5.74, 6) is 0. The Morgan fingerprint density at radius 2 is 1.71 bits per heavy atom. The van der Waals surface area contributed by atoms with Crippen molar-refractivity contribution < 1.29 is 0 Å². The number of rotatable bonds is 1. The third-order valence-electron chi connectivity index (χ3n) is 3.48. The summed E-state index contributed by atoms with van der Waals surface area (Å²) in [4.78, 5) is 19.8. The molecule has 0 saturated heterocycles. The fourth-order valence-electron chi connectivity index (χ4n) is 2.50. The van der Waals surface area contributed by atoms with E-state index in [1.807, 2.05) is 54.6 Å². The quantitative estimate of drug-likeness (QED) is 0.576. The number of aromatic amines is 1. The Morgan fingerprint density at radius 1 is 1.00 bits per heavy atom. The molecule has 0 bridgehead atoms. The van der Waals surface area contributed by atoms with Crippen molar-refractivity contribution in [2.24, 2.45) is 0 Å². The third-order valence-corrected chi connectivity index (χ3v) is 4.21. The van der Waals surface area contributed by atoms with E-state index in [4.69, 9.17) is 0 Å². The predicted octanol–water partition coefficient (Wildman–Crippen LogP) is 3.61. The maximum Gasteiger partial charge on any atom is 0.332 e. The zero-order chi connectivity index (χ0) is 14.4. The number of para-hydroxylation sites is 1. The lowest BCUT2D eigenvalue weighted by Gasteiger charge is -1.99. The number of hydrogen-bond acceptors (Lipinski definition) is 2. The van der Waals surface area contributed by atoms with Gasteiger partial charge in [-0.05, 0) is 28.1 Å². The van der Waals surface area contributed by atoms with Gasteiger partial charge >= 0.3 is 5.69 Å². The van der Waals surface area contributed by atoms with Gasteiger partial charge in [-0.1, -0.05) is 42.5 Å². The fraction of sp³-hybridized carbons (Fsp3) is 0. The molecule has 0 spiro atoms. The van der Waals surface area contributed by atoms with E-state index in [9.17, 15) is 4.79 Å². The first-order valence-electron chi connectivity index (χ1n) is 6.50. The number of hydrogen-bond donors (Lipinski definition) is 1. The van der Waals surface area contributed by atoms with Crippen LogP contribution in [-0.4, -0.2) is 14.4 Å². The summed E-state index contributed by atoms with van der Waals surface area (Å²) in [6, 6.07) is 17.5. The Hall–Kier alpha value is -2.40. The van der Waals surface area contributed by atoms with Crippen LogP contribution in [0.25, 0.3) is 27.8 Å². The minimum atomic E-state index is -0.203. The van der Waals surface area contributed by atoms with Crippen LogP contribution in [0.3, 0.4) is 0 Å². The molecule has 4 nitrogen and oxygen atoms in total. The van der Waals surface area contributed by atoms with Crippen LogP contribution < -0.4 is 5.69 Å². The molecule has 0 aliphatic heterocycles. The van der Waals surface area contributed by atoms with E-state index in [0.29, 0.717) is 10.3 Å². The summed E-state index contributed by atoms with van der Waals surface area (Å²) in [6.07, 6.45) is 0. The topological polar surface area (TPSA) is 50.2 Å². The number of nitrogens with one attached hydrogen (secondary N) is 1. The molecule has 2 aromatic heterocycles. The second-order valence-electron chi connectivity index (χ2n) is 4.75. The molecule has 0 saturated carbocycles. The summed E-state index contributed by atoms with van der Waals surface area (Å²) in [5.41, 5.74) is 2.96. The van der Waals surface area contributed by atoms with Crippen LogP contribution in [-0.2, 0) is 0 Å². The summed E-state index contributed by atoms with van der Waals surface area (Å²) in [6.45, 7) is 0. The molecule has 4 aromatic rings. The highest BCUT2D eigenvalue weighted by Crippen LogP contribution is 2.29. The molecule has 2 heterocycles. The highest BCUT2D eigenvalue weighted by molar-refractivity contribution is 9.10. The highest BCUT2D eigenvalue weighted by atomic mass is 79.9. The van der Waals surface area contributed by atoms with Gasteiger partial charge in [-0.2, -0.15) is 0 Å². The number of nitrogens with zero attached hydrogens (tertiary/aromatic N) is 2. The third kappa shape index (κ3) is 1.81. The van der Waals surface area contributed by atoms with Crippen molar-refractivity contribution in [3.63, 3.8) is 0 Å². The maximum atomic E-state index is 12.3. The molecule has 2 aromatic carbocycles. The van der Waals surface area contributed by atoms with Crippen LogP contribution >= 0.6 is 15.9 Å². The van der Waals surface area contributed by atoms with E-state index in [2.05, 4.69) is 25.9 Å². The van der Waals surface area contributed by atoms with Gasteiger partial charge in [0.05, 0.1) is 5.52 Å². The zero-order valence-electron chi connectivity index (χ0n) is 10.9. The molecule has 0 atom stereocenters. The van der Waals surface area contributed by atoms with E-state index < -0.39 is 0 Å². The molecule has 0 aliphatic rings. The molecule has 102 valence electrons. The lowest BCUT2D eigenvalue weighted by atomic mass is 10.2. The van der Waals surface area contributed by atoms with E-state index in [1.165, 1.54) is 0 Å². The van der Waals surface area contributed by atoms with Gasteiger partial charge in [-0.15, -0.1) is 0 Å². The standard InChI is InChI=1S/C16H10BrN3O/c17-14-13(10-6-2-1-3-7-10)19-15-11-8-4-5-9-12(11)18-16(21)20(14)15/h1-9H,(H,18,21). The summed E-state index contributed by atoms with van der Waals surface area (Å²) in [7, 11) is 0. The molecule has 4 rings (SSSR count). The van der Waals surface area contributed by atoms with Gasteiger partial charge in [-0.3, -0.25) is 0 Å². The van der Waals surface area contributed by atoms with Gasteiger partial charge in [0.25, 0.3) is 0 Å². The van der Waals surface area contributed by atoms with Gasteiger partial charge in [0, 0.05) is 10.9 Å². The van der Waals surface area contributed by atoms with Crippen LogP contribution in [0.4, 0.5) is 0 Å². The van der Waals surface area contributed by atoms with Crippen molar-refractivity contribution in [3.8, 4) is 11.3 Å². The monoisotopic (exact) mass is 339 g/mol. The first-order valence-corrected chi connectivity index (χ1v) is 7.29. The van der Waals surface area contributed by atoms with Crippen LogP contribution in [0, 0.1) is 0 Å². The largest absolute Gasteiger partial charge is 0.332 e. The van der Waals surface area contributed by atoms with Gasteiger partial charge < -0.3 is 4.98 Å². The van der Waals surface area contributed by atoms with Crippen molar-refractivity contribution >= 4 is 32.5 Å². The lowest BCUT2D eigenvalue weighted by molar-refractivity contribution is 1.01. The molecule has 1 N–H and O–H groups in total. The number of fused-ring (bicyclic) bond motifs is 3. The predicted molar refractivity (Wildman–Crippen MR) is 86.5 cm³/mol. The number of imidazole rings is 1. The second-order valence-corrected chi connectivity index (χ2v) is 5.50. The van der Waals surface area contributed by atoms with Gasteiger partial charge in [-0.25, -0.2) is 14.2 Å². The SMILES string of the molecule is O=c1[nH]c2ccccc2c2nc(-c3ccccc3)c(Br)n12. The smallest absolute Gasteiger partial charge is 0.306 e. The van der Waals surface area contributed by atoms with Gasteiger partial charge in [0.15, 0.2) is 5.65 Å². The Balaban J connectivity index is 2.18. The van der Waals surface area contributed by atoms with Crippen LogP contribution in [0.1, 0.15) is 0 Å². The highest BCUT2D eigenvalue weighted by Gasteiger charge is 2.15. The van der Waals surface area contributed by atoms with Gasteiger partial charge in [0.2, 0.25) is 0 Å². The number of benzene rings is 2. The Bertz CT molecular complexity index is 1020. The fourth-order valence-corrected chi connectivity index (χ4v) is 3.15. The minimum Gasteiger partial charge on any atom is -0.306 e. The average molecular weight is 340 g/mol. The normalized spacial score (nSPS) is 11.3. The molecule has 0 aliphatic carbocycles. The summed E-state index contributed by atoms with van der Waals surface area (Å²) in [5, 5.41) is 0.917. The van der Waals surface area contributed by atoms with Crippen molar-refractivity contribution in [2.75, 3.05) is 0 Å². The Morgan fingerprint density at radius 3 is 2.52 bits per heavy atom. The van der Waals surface area contributed by atoms with Crippen LogP contribution in [0.15, 0.2) is 64.0 Å². The average Bonchev–Trinajstić information content (AvgIpc) is 2.87. The molecule has 5 heteroatoms. The zero-order valence-corrected chi connectivity index (χ0v) is 12.5. The number of halogens is 1. The van der Waals surface area contributed by atoms with Crippen LogP contribution in [0.2, 0.25) is 0 Å². The molecule has 0 amide bonds. The minimum absolute atomic E-state index is 0.203. The van der Waals surface area contributed by atoms with Crippen molar-refractivity contribution in [1.29, 1.82) is 0 Å². The number of H-pyrrole nitrogens is 1. The van der Waals surface area contributed by atoms with E-state index in [0.717, 1.165) is 22.2 Å². The number of aromatic nitrogens is 3.